The number of benzene rings is 2. The fourth-order valence-corrected chi connectivity index (χ4v) is 2.14. The molecule has 0 aliphatic heterocycles. The van der Waals surface area contributed by atoms with E-state index in [0.717, 1.165) is 28.2 Å². The minimum atomic E-state index is 0.752. The van der Waals surface area contributed by atoms with E-state index in [0.29, 0.717) is 0 Å². The minimum Gasteiger partial charge on any atom is -0.497 e. The normalized spacial score (nSPS) is 10.6. The first-order chi connectivity index (χ1) is 9.33. The van der Waals surface area contributed by atoms with Crippen LogP contribution in [0, 0.1) is 0 Å². The summed E-state index contributed by atoms with van der Waals surface area (Å²) in [6, 6.07) is 13.7. The Morgan fingerprint density at radius 1 is 1.00 bits per heavy atom. The van der Waals surface area contributed by atoms with Crippen molar-refractivity contribution in [2.45, 2.75) is 0 Å². The molecule has 0 radical (unpaired) electrons. The highest BCUT2D eigenvalue weighted by molar-refractivity contribution is 5.78. The zero-order chi connectivity index (χ0) is 13.2. The van der Waals surface area contributed by atoms with E-state index in [1.807, 2.05) is 47.0 Å². The van der Waals surface area contributed by atoms with Crippen molar-refractivity contribution < 1.29 is 9.47 Å². The minimum absolute atomic E-state index is 0.752. The van der Waals surface area contributed by atoms with Crippen LogP contribution in [0.4, 0.5) is 0 Å². The maximum Gasteiger partial charge on any atom is 0.146 e. The van der Waals surface area contributed by atoms with Crippen LogP contribution in [0.2, 0.25) is 0 Å². The smallest absolute Gasteiger partial charge is 0.146 e. The van der Waals surface area contributed by atoms with Gasteiger partial charge >= 0.3 is 0 Å². The molecule has 0 spiro atoms. The molecule has 0 aliphatic carbocycles. The molecule has 0 unspecified atom stereocenters. The van der Waals surface area contributed by atoms with E-state index in [1.165, 1.54) is 0 Å². The average molecular weight is 254 g/mol. The summed E-state index contributed by atoms with van der Waals surface area (Å²) in [5.41, 5.74) is 2.95. The molecule has 0 fully saturated rings. The maximum absolute atomic E-state index is 5.43. The molecule has 1 aromatic heterocycles. The van der Waals surface area contributed by atoms with E-state index in [4.69, 9.17) is 9.47 Å². The van der Waals surface area contributed by atoms with Crippen molar-refractivity contribution in [3.63, 3.8) is 0 Å². The van der Waals surface area contributed by atoms with Crippen LogP contribution in [0.25, 0.3) is 16.7 Å². The van der Waals surface area contributed by atoms with Crippen LogP contribution in [-0.2, 0) is 0 Å². The van der Waals surface area contributed by atoms with E-state index in [2.05, 4.69) is 4.98 Å². The lowest BCUT2D eigenvalue weighted by atomic mass is 10.2. The Bertz CT molecular complexity index is 719. The van der Waals surface area contributed by atoms with Crippen LogP contribution in [0.15, 0.2) is 48.8 Å². The number of para-hydroxylation sites is 2. The zero-order valence-corrected chi connectivity index (χ0v) is 10.8. The summed E-state index contributed by atoms with van der Waals surface area (Å²) in [6.07, 6.45) is 1.80. The van der Waals surface area contributed by atoms with Crippen molar-refractivity contribution in [2.75, 3.05) is 14.2 Å². The van der Waals surface area contributed by atoms with Crippen LogP contribution in [0.1, 0.15) is 0 Å². The van der Waals surface area contributed by atoms with Gasteiger partial charge in [-0.15, -0.1) is 0 Å². The van der Waals surface area contributed by atoms with Gasteiger partial charge in [0.2, 0.25) is 0 Å². The second kappa shape index (κ2) is 4.65. The Morgan fingerprint density at radius 2 is 1.84 bits per heavy atom. The Balaban J connectivity index is 2.21. The molecular formula is C15H14N2O2. The molecule has 3 rings (SSSR count). The van der Waals surface area contributed by atoms with Crippen LogP contribution < -0.4 is 9.47 Å². The molecule has 96 valence electrons. The third-order valence-corrected chi connectivity index (χ3v) is 3.10. The van der Waals surface area contributed by atoms with Crippen molar-refractivity contribution >= 4 is 11.0 Å². The summed E-state index contributed by atoms with van der Waals surface area (Å²) < 4.78 is 12.7. The zero-order valence-electron chi connectivity index (χ0n) is 10.8. The Morgan fingerprint density at radius 3 is 2.63 bits per heavy atom. The summed E-state index contributed by atoms with van der Waals surface area (Å²) in [7, 11) is 3.29. The number of hydrogen-bond donors (Lipinski definition) is 0. The lowest BCUT2D eigenvalue weighted by Gasteiger charge is -2.11. The fraction of sp³-hybridized carbons (Fsp3) is 0.133. The predicted molar refractivity (Wildman–Crippen MR) is 74.2 cm³/mol. The summed E-state index contributed by atoms with van der Waals surface area (Å²) in [5, 5.41) is 0. The molecule has 0 saturated heterocycles. The summed E-state index contributed by atoms with van der Waals surface area (Å²) in [6.45, 7) is 0. The van der Waals surface area contributed by atoms with E-state index in [1.54, 1.807) is 20.5 Å². The van der Waals surface area contributed by atoms with Crippen LogP contribution in [0.5, 0.6) is 11.5 Å². The average Bonchev–Trinajstić information content (AvgIpc) is 2.90. The molecule has 0 N–H and O–H groups in total. The molecule has 0 amide bonds. The number of aromatic nitrogens is 2. The van der Waals surface area contributed by atoms with Crippen molar-refractivity contribution in [3.05, 3.63) is 48.8 Å². The van der Waals surface area contributed by atoms with Gasteiger partial charge in [-0.3, -0.25) is 4.57 Å². The van der Waals surface area contributed by atoms with Crippen molar-refractivity contribution in [2.24, 2.45) is 0 Å². The molecule has 0 atom stereocenters. The first-order valence-corrected chi connectivity index (χ1v) is 5.98. The third kappa shape index (κ3) is 1.91. The summed E-state index contributed by atoms with van der Waals surface area (Å²) >= 11 is 0. The van der Waals surface area contributed by atoms with Crippen molar-refractivity contribution in [1.82, 2.24) is 9.55 Å². The molecular weight excluding hydrogens is 240 g/mol. The van der Waals surface area contributed by atoms with Crippen LogP contribution in [-0.4, -0.2) is 23.8 Å². The largest absolute Gasteiger partial charge is 0.497 e. The molecule has 0 saturated carbocycles. The Hall–Kier alpha value is -2.49. The van der Waals surface area contributed by atoms with Gasteiger partial charge in [0, 0.05) is 6.07 Å². The molecule has 3 aromatic rings. The number of rotatable bonds is 3. The second-order valence-corrected chi connectivity index (χ2v) is 4.14. The first-order valence-electron chi connectivity index (χ1n) is 5.98. The first kappa shape index (κ1) is 11.6. The second-order valence-electron chi connectivity index (χ2n) is 4.14. The number of fused-ring (bicyclic) bond motifs is 1. The van der Waals surface area contributed by atoms with Crippen LogP contribution in [0.3, 0.4) is 0 Å². The highest BCUT2D eigenvalue weighted by Gasteiger charge is 2.10. The number of imidazole rings is 1. The van der Waals surface area contributed by atoms with E-state index in [-0.39, 0.29) is 0 Å². The summed E-state index contributed by atoms with van der Waals surface area (Å²) in [5.74, 6) is 1.52. The quantitative estimate of drug-likeness (QED) is 0.720. The van der Waals surface area contributed by atoms with Gasteiger partial charge in [-0.2, -0.15) is 0 Å². The highest BCUT2D eigenvalue weighted by atomic mass is 16.5. The molecule has 19 heavy (non-hydrogen) atoms. The lowest BCUT2D eigenvalue weighted by molar-refractivity contribution is 0.393. The molecule has 0 aliphatic rings. The predicted octanol–water partition coefficient (Wildman–Crippen LogP) is 3.04. The molecule has 0 bridgehead atoms. The standard InChI is InChI=1S/C15H14N2O2/c1-18-11-7-8-14(15(9-11)19-2)17-10-16-12-5-3-4-6-13(12)17/h3-10H,1-2H3. The van der Waals surface area contributed by atoms with Crippen molar-refractivity contribution in [3.8, 4) is 17.2 Å². The van der Waals surface area contributed by atoms with Gasteiger partial charge in [-0.1, -0.05) is 12.1 Å². The number of nitrogens with zero attached hydrogens (tertiary/aromatic N) is 2. The van der Waals surface area contributed by atoms with Gasteiger partial charge in [0.25, 0.3) is 0 Å². The molecule has 4 nitrogen and oxygen atoms in total. The molecule has 2 aromatic carbocycles. The number of ether oxygens (including phenoxy) is 2. The Labute approximate surface area is 111 Å². The topological polar surface area (TPSA) is 36.3 Å². The highest BCUT2D eigenvalue weighted by Crippen LogP contribution is 2.29. The van der Waals surface area contributed by atoms with Crippen LogP contribution >= 0.6 is 0 Å². The monoisotopic (exact) mass is 254 g/mol. The van der Waals surface area contributed by atoms with Gasteiger partial charge < -0.3 is 9.47 Å². The van der Waals surface area contributed by atoms with E-state index < -0.39 is 0 Å². The number of hydrogen-bond acceptors (Lipinski definition) is 3. The van der Waals surface area contributed by atoms with Gasteiger partial charge in [-0.05, 0) is 24.3 Å². The van der Waals surface area contributed by atoms with Gasteiger partial charge in [0.05, 0.1) is 30.9 Å². The van der Waals surface area contributed by atoms with Gasteiger partial charge in [0.15, 0.2) is 0 Å². The van der Waals surface area contributed by atoms with E-state index >= 15 is 0 Å². The fourth-order valence-electron chi connectivity index (χ4n) is 2.14. The third-order valence-electron chi connectivity index (χ3n) is 3.10. The van der Waals surface area contributed by atoms with Gasteiger partial charge in [-0.25, -0.2) is 4.98 Å². The lowest BCUT2D eigenvalue weighted by Crippen LogP contribution is -1.97. The van der Waals surface area contributed by atoms with Gasteiger partial charge in [0.1, 0.15) is 17.8 Å². The summed E-state index contributed by atoms with van der Waals surface area (Å²) in [4.78, 5) is 4.39. The molecule has 4 heteroatoms. The number of methoxy groups -OCH3 is 2. The SMILES string of the molecule is COc1ccc(-n2cnc3ccccc32)c(OC)c1. The van der Waals surface area contributed by atoms with Crippen molar-refractivity contribution in [1.29, 1.82) is 0 Å². The van der Waals surface area contributed by atoms with E-state index in [9.17, 15) is 0 Å². The molecule has 1 heterocycles. The Kier molecular flexibility index (Phi) is 2.83. The maximum atomic E-state index is 5.43.